The molecule has 1 fully saturated rings. The fourth-order valence-corrected chi connectivity index (χ4v) is 3.33. The summed E-state index contributed by atoms with van der Waals surface area (Å²) < 4.78 is 46.5. The van der Waals surface area contributed by atoms with E-state index in [9.17, 15) is 18.0 Å². The molecule has 3 aromatic rings. The molecule has 10 heteroatoms. The Morgan fingerprint density at radius 1 is 1.10 bits per heavy atom. The van der Waals surface area contributed by atoms with E-state index < -0.39 is 17.6 Å². The summed E-state index contributed by atoms with van der Waals surface area (Å²) in [6.07, 6.45) is -3.06. The summed E-state index contributed by atoms with van der Waals surface area (Å²) in [5.74, 6) is -0.631. The van der Waals surface area contributed by atoms with Crippen molar-refractivity contribution in [2.45, 2.75) is 12.7 Å². The highest BCUT2D eigenvalue weighted by Gasteiger charge is 2.32. The molecule has 1 aliphatic rings. The summed E-state index contributed by atoms with van der Waals surface area (Å²) in [6.45, 7) is 2.37. The molecule has 31 heavy (non-hydrogen) atoms. The van der Waals surface area contributed by atoms with Gasteiger partial charge in [-0.05, 0) is 23.8 Å². The Hall–Kier alpha value is -3.40. The molecule has 7 nitrogen and oxygen atoms in total. The molecule has 1 aromatic heterocycles. The largest absolute Gasteiger partial charge is 0.416 e. The van der Waals surface area contributed by atoms with Crippen molar-refractivity contribution in [3.05, 3.63) is 71.5 Å². The standard InChI is InChI=1S/C21H20F3N5O2/c22-21(23,24)16-6-7-19(28-8-10-31-11-9-28)17(12-16)25-20(30)18-14-29(27-26-18)13-15-4-2-1-3-5-15/h1-7,12,14H,8-11,13H2,(H,25,30). The van der Waals surface area contributed by atoms with E-state index >= 15 is 0 Å². The third-order valence-electron chi connectivity index (χ3n) is 4.88. The number of ether oxygens (including phenoxy) is 1. The molecule has 0 saturated carbocycles. The number of carbonyl (C=O) groups is 1. The molecule has 0 atom stereocenters. The molecule has 4 rings (SSSR count). The number of alkyl halides is 3. The number of amides is 1. The normalized spacial score (nSPS) is 14.5. The van der Waals surface area contributed by atoms with Crippen LogP contribution in [-0.2, 0) is 17.5 Å². The Bertz CT molecular complexity index is 1050. The molecule has 0 unspecified atom stereocenters. The third kappa shape index (κ3) is 5.02. The molecule has 0 bridgehead atoms. The molecule has 0 spiro atoms. The summed E-state index contributed by atoms with van der Waals surface area (Å²) in [7, 11) is 0. The number of hydrogen-bond donors (Lipinski definition) is 1. The highest BCUT2D eigenvalue weighted by atomic mass is 19.4. The second-order valence-corrected chi connectivity index (χ2v) is 7.07. The Kier molecular flexibility index (Phi) is 5.90. The Morgan fingerprint density at radius 3 is 2.55 bits per heavy atom. The van der Waals surface area contributed by atoms with Gasteiger partial charge in [0.2, 0.25) is 0 Å². The first-order valence-corrected chi connectivity index (χ1v) is 9.69. The van der Waals surface area contributed by atoms with Gasteiger partial charge in [0.1, 0.15) is 0 Å². The molecule has 1 N–H and O–H groups in total. The van der Waals surface area contributed by atoms with Gasteiger partial charge in [0, 0.05) is 13.1 Å². The van der Waals surface area contributed by atoms with Crippen LogP contribution < -0.4 is 10.2 Å². The maximum atomic E-state index is 13.2. The van der Waals surface area contributed by atoms with Crippen molar-refractivity contribution in [1.82, 2.24) is 15.0 Å². The number of aromatic nitrogens is 3. The van der Waals surface area contributed by atoms with Crippen molar-refractivity contribution in [1.29, 1.82) is 0 Å². The lowest BCUT2D eigenvalue weighted by atomic mass is 10.1. The van der Waals surface area contributed by atoms with Crippen molar-refractivity contribution in [3.8, 4) is 0 Å². The average Bonchev–Trinajstić information content (AvgIpc) is 3.23. The van der Waals surface area contributed by atoms with E-state index in [0.29, 0.717) is 38.5 Å². The Morgan fingerprint density at radius 2 is 1.84 bits per heavy atom. The van der Waals surface area contributed by atoms with Crippen molar-refractivity contribution in [3.63, 3.8) is 0 Å². The fraction of sp³-hybridized carbons (Fsp3) is 0.286. The number of nitrogens with zero attached hydrogens (tertiary/aromatic N) is 4. The van der Waals surface area contributed by atoms with Crippen LogP contribution in [0, 0.1) is 0 Å². The van der Waals surface area contributed by atoms with Crippen LogP contribution in [0.15, 0.2) is 54.7 Å². The predicted octanol–water partition coefficient (Wildman–Crippen LogP) is 3.43. The van der Waals surface area contributed by atoms with Crippen molar-refractivity contribution in [2.75, 3.05) is 36.5 Å². The molecule has 0 aliphatic carbocycles. The van der Waals surface area contributed by atoms with Crippen LogP contribution in [0.1, 0.15) is 21.6 Å². The number of hydrogen-bond acceptors (Lipinski definition) is 5. The van der Waals surface area contributed by atoms with Gasteiger partial charge in [-0.1, -0.05) is 35.5 Å². The van der Waals surface area contributed by atoms with E-state index in [1.807, 2.05) is 35.2 Å². The van der Waals surface area contributed by atoms with Crippen molar-refractivity contribution < 1.29 is 22.7 Å². The lowest BCUT2D eigenvalue weighted by molar-refractivity contribution is -0.137. The van der Waals surface area contributed by atoms with Crippen LogP contribution >= 0.6 is 0 Å². The van der Waals surface area contributed by atoms with E-state index in [-0.39, 0.29) is 11.4 Å². The molecule has 1 saturated heterocycles. The SMILES string of the molecule is O=C(Nc1cc(C(F)(F)F)ccc1N1CCOCC1)c1cn(Cc2ccccc2)nn1. The molecule has 2 heterocycles. The van der Waals surface area contributed by atoms with Gasteiger partial charge < -0.3 is 15.0 Å². The minimum absolute atomic E-state index is 0.0151. The molecule has 0 radical (unpaired) electrons. The molecular weight excluding hydrogens is 411 g/mol. The van der Waals surface area contributed by atoms with Gasteiger partial charge in [0.25, 0.3) is 5.91 Å². The summed E-state index contributed by atoms with van der Waals surface area (Å²) in [4.78, 5) is 14.6. The van der Waals surface area contributed by atoms with E-state index in [1.54, 1.807) is 0 Å². The van der Waals surface area contributed by atoms with Crippen LogP contribution in [0.3, 0.4) is 0 Å². The molecule has 2 aromatic carbocycles. The number of rotatable bonds is 5. The second kappa shape index (κ2) is 8.76. The number of anilines is 2. The third-order valence-corrected chi connectivity index (χ3v) is 4.88. The zero-order valence-corrected chi connectivity index (χ0v) is 16.5. The summed E-state index contributed by atoms with van der Waals surface area (Å²) in [5.41, 5.74) is 0.723. The molecular formula is C21H20F3N5O2. The molecule has 162 valence electrons. The van der Waals surface area contributed by atoms with Gasteiger partial charge in [-0.3, -0.25) is 4.79 Å². The first-order chi connectivity index (χ1) is 14.9. The number of morpholine rings is 1. The van der Waals surface area contributed by atoms with Crippen LogP contribution in [0.4, 0.5) is 24.5 Å². The number of benzene rings is 2. The number of halogens is 3. The lowest BCUT2D eigenvalue weighted by Crippen LogP contribution is -2.36. The van der Waals surface area contributed by atoms with Gasteiger partial charge in [0.05, 0.1) is 42.9 Å². The fourth-order valence-electron chi connectivity index (χ4n) is 3.33. The highest BCUT2D eigenvalue weighted by molar-refractivity contribution is 6.04. The first kappa shape index (κ1) is 20.9. The second-order valence-electron chi connectivity index (χ2n) is 7.07. The van der Waals surface area contributed by atoms with Crippen LogP contribution in [0.5, 0.6) is 0 Å². The van der Waals surface area contributed by atoms with E-state index in [4.69, 9.17) is 4.74 Å². The highest BCUT2D eigenvalue weighted by Crippen LogP contribution is 2.36. The average molecular weight is 431 g/mol. The Labute approximate surface area is 176 Å². The summed E-state index contributed by atoms with van der Waals surface area (Å²) >= 11 is 0. The van der Waals surface area contributed by atoms with E-state index in [1.165, 1.54) is 16.9 Å². The van der Waals surface area contributed by atoms with Crippen LogP contribution in [0.25, 0.3) is 0 Å². The topological polar surface area (TPSA) is 72.3 Å². The summed E-state index contributed by atoms with van der Waals surface area (Å²) in [6, 6.07) is 12.8. The minimum atomic E-state index is -4.53. The molecule has 1 amide bonds. The van der Waals surface area contributed by atoms with Gasteiger partial charge in [-0.25, -0.2) is 4.68 Å². The van der Waals surface area contributed by atoms with Crippen LogP contribution in [0.2, 0.25) is 0 Å². The van der Waals surface area contributed by atoms with Crippen molar-refractivity contribution >= 4 is 17.3 Å². The minimum Gasteiger partial charge on any atom is -0.378 e. The predicted molar refractivity (Wildman–Crippen MR) is 108 cm³/mol. The van der Waals surface area contributed by atoms with Gasteiger partial charge >= 0.3 is 6.18 Å². The zero-order valence-electron chi connectivity index (χ0n) is 16.5. The monoisotopic (exact) mass is 431 g/mol. The number of carbonyl (C=O) groups excluding carboxylic acids is 1. The van der Waals surface area contributed by atoms with Gasteiger partial charge in [-0.15, -0.1) is 5.10 Å². The zero-order chi connectivity index (χ0) is 21.8. The molecule has 1 aliphatic heterocycles. The smallest absolute Gasteiger partial charge is 0.378 e. The maximum Gasteiger partial charge on any atom is 0.416 e. The lowest BCUT2D eigenvalue weighted by Gasteiger charge is -2.30. The van der Waals surface area contributed by atoms with Gasteiger partial charge in [0.15, 0.2) is 5.69 Å². The van der Waals surface area contributed by atoms with E-state index in [2.05, 4.69) is 15.6 Å². The Balaban J connectivity index is 1.56. The van der Waals surface area contributed by atoms with Crippen molar-refractivity contribution in [2.24, 2.45) is 0 Å². The summed E-state index contributed by atoms with van der Waals surface area (Å²) in [5, 5.41) is 10.4. The maximum absolute atomic E-state index is 13.2. The quantitative estimate of drug-likeness (QED) is 0.670. The van der Waals surface area contributed by atoms with E-state index in [0.717, 1.165) is 17.7 Å². The number of nitrogens with one attached hydrogen (secondary N) is 1. The first-order valence-electron chi connectivity index (χ1n) is 9.69. The van der Waals surface area contributed by atoms with Gasteiger partial charge in [-0.2, -0.15) is 13.2 Å². The van der Waals surface area contributed by atoms with Crippen LogP contribution in [-0.4, -0.2) is 47.2 Å².